The van der Waals surface area contributed by atoms with E-state index in [1.54, 1.807) is 12.1 Å². The first-order valence-corrected chi connectivity index (χ1v) is 9.97. The number of halogens is 1. The lowest BCUT2D eigenvalue weighted by Gasteiger charge is -2.41. The van der Waals surface area contributed by atoms with Crippen LogP contribution in [0.3, 0.4) is 0 Å². The van der Waals surface area contributed by atoms with Gasteiger partial charge >= 0.3 is 0 Å². The average molecular weight is 371 g/mol. The third kappa shape index (κ3) is 4.95. The molecular weight excluding hydrogens is 341 g/mol. The minimum Gasteiger partial charge on any atom is -0.384 e. The molecule has 1 saturated heterocycles. The molecule has 1 fully saturated rings. The van der Waals surface area contributed by atoms with Gasteiger partial charge in [0, 0.05) is 25.6 Å². The summed E-state index contributed by atoms with van der Waals surface area (Å²) < 4.78 is 19.0. The van der Waals surface area contributed by atoms with Gasteiger partial charge in [-0.25, -0.2) is 4.39 Å². The summed E-state index contributed by atoms with van der Waals surface area (Å²) in [5.41, 5.74) is 0.870. The summed E-state index contributed by atoms with van der Waals surface area (Å²) in [4.78, 5) is 2.36. The number of benzene rings is 2. The fourth-order valence-corrected chi connectivity index (χ4v) is 3.96. The number of hydrogen-bond acceptors (Lipinski definition) is 3. The van der Waals surface area contributed by atoms with Crippen LogP contribution < -0.4 is 0 Å². The molecule has 2 atom stereocenters. The zero-order valence-corrected chi connectivity index (χ0v) is 16.1. The van der Waals surface area contributed by atoms with Gasteiger partial charge in [-0.05, 0) is 29.7 Å². The van der Waals surface area contributed by atoms with E-state index in [4.69, 9.17) is 4.74 Å². The van der Waals surface area contributed by atoms with E-state index in [0.717, 1.165) is 56.8 Å². The van der Waals surface area contributed by atoms with Crippen LogP contribution in [0, 0.1) is 5.82 Å². The Kier molecular flexibility index (Phi) is 7.00. The lowest BCUT2D eigenvalue weighted by Crippen LogP contribution is -2.45. The van der Waals surface area contributed by atoms with Crippen LogP contribution >= 0.6 is 0 Å². The third-order valence-corrected chi connectivity index (χ3v) is 5.58. The largest absolute Gasteiger partial charge is 0.384 e. The quantitative estimate of drug-likeness (QED) is 0.750. The Morgan fingerprint density at radius 3 is 2.37 bits per heavy atom. The molecule has 0 bridgehead atoms. The Bertz CT molecular complexity index is 685. The lowest BCUT2D eigenvalue weighted by atomic mass is 9.74. The summed E-state index contributed by atoms with van der Waals surface area (Å²) in [5.74, 6) is -0.366. The Morgan fingerprint density at radius 2 is 1.74 bits per heavy atom. The van der Waals surface area contributed by atoms with Crippen LogP contribution in [-0.4, -0.2) is 42.9 Å². The predicted octanol–water partition coefficient (Wildman–Crippen LogP) is 4.32. The van der Waals surface area contributed by atoms with E-state index < -0.39 is 5.60 Å². The number of rotatable bonds is 8. The normalized spacial score (nSPS) is 18.8. The molecule has 3 rings (SSSR count). The number of aliphatic hydroxyl groups is 1. The van der Waals surface area contributed by atoms with Crippen LogP contribution in [0.1, 0.15) is 43.2 Å². The first kappa shape index (κ1) is 20.0. The van der Waals surface area contributed by atoms with Crippen LogP contribution in [0.5, 0.6) is 0 Å². The molecule has 0 amide bonds. The molecule has 0 radical (unpaired) electrons. The second kappa shape index (κ2) is 9.45. The van der Waals surface area contributed by atoms with Gasteiger partial charge in [-0.2, -0.15) is 0 Å². The van der Waals surface area contributed by atoms with Crippen molar-refractivity contribution >= 4 is 0 Å². The second-order valence-corrected chi connectivity index (χ2v) is 7.41. The SMILES string of the molecule is CCCCC(O)(c1ccc(F)cc1)C(CN1CCOCC1)c1ccccc1. The summed E-state index contributed by atoms with van der Waals surface area (Å²) in [7, 11) is 0. The average Bonchev–Trinajstić information content (AvgIpc) is 2.72. The first-order valence-electron chi connectivity index (χ1n) is 9.97. The van der Waals surface area contributed by atoms with Crippen LogP contribution in [-0.2, 0) is 10.3 Å². The fourth-order valence-electron chi connectivity index (χ4n) is 3.96. The van der Waals surface area contributed by atoms with E-state index in [9.17, 15) is 9.50 Å². The summed E-state index contributed by atoms with van der Waals surface area (Å²) in [6.45, 7) is 6.08. The Balaban J connectivity index is 1.99. The third-order valence-electron chi connectivity index (χ3n) is 5.58. The Morgan fingerprint density at radius 1 is 1.07 bits per heavy atom. The van der Waals surface area contributed by atoms with Crippen molar-refractivity contribution in [1.29, 1.82) is 0 Å². The standard InChI is InChI=1S/C23H30FNO2/c1-2-3-13-23(26,20-9-11-21(24)12-10-20)22(19-7-5-4-6-8-19)18-25-14-16-27-17-15-25/h4-12,22,26H,2-3,13-18H2,1H3. The zero-order chi connectivity index (χ0) is 19.1. The van der Waals surface area contributed by atoms with E-state index >= 15 is 0 Å². The summed E-state index contributed by atoms with van der Waals surface area (Å²) in [6.07, 6.45) is 2.57. The maximum absolute atomic E-state index is 13.5. The van der Waals surface area contributed by atoms with Gasteiger partial charge in [0.25, 0.3) is 0 Å². The molecule has 0 saturated carbocycles. The maximum Gasteiger partial charge on any atom is 0.123 e. The molecule has 0 spiro atoms. The molecule has 1 aliphatic rings. The van der Waals surface area contributed by atoms with Crippen LogP contribution in [0.25, 0.3) is 0 Å². The first-order chi connectivity index (χ1) is 13.1. The van der Waals surface area contributed by atoms with Crippen molar-refractivity contribution in [1.82, 2.24) is 4.90 Å². The van der Waals surface area contributed by atoms with Gasteiger partial charge in [-0.3, -0.25) is 4.90 Å². The topological polar surface area (TPSA) is 32.7 Å². The molecule has 0 aromatic heterocycles. The molecule has 27 heavy (non-hydrogen) atoms. The number of morpholine rings is 1. The molecule has 1 aliphatic heterocycles. The number of ether oxygens (including phenoxy) is 1. The molecule has 1 N–H and O–H groups in total. The summed E-state index contributed by atoms with van der Waals surface area (Å²) >= 11 is 0. The number of unbranched alkanes of at least 4 members (excludes halogenated alkanes) is 1. The van der Waals surface area contributed by atoms with E-state index in [1.807, 2.05) is 18.2 Å². The highest BCUT2D eigenvalue weighted by molar-refractivity contribution is 5.32. The minimum absolute atomic E-state index is 0.0891. The van der Waals surface area contributed by atoms with Gasteiger partial charge in [0.2, 0.25) is 0 Å². The highest BCUT2D eigenvalue weighted by atomic mass is 19.1. The van der Waals surface area contributed by atoms with Crippen molar-refractivity contribution in [2.24, 2.45) is 0 Å². The van der Waals surface area contributed by atoms with Gasteiger partial charge in [0.05, 0.1) is 18.8 Å². The minimum atomic E-state index is -1.04. The maximum atomic E-state index is 13.5. The van der Waals surface area contributed by atoms with E-state index in [-0.39, 0.29) is 11.7 Å². The molecule has 2 aromatic rings. The molecule has 0 aliphatic carbocycles. The van der Waals surface area contributed by atoms with Crippen LogP contribution in [0.2, 0.25) is 0 Å². The molecule has 1 heterocycles. The lowest BCUT2D eigenvalue weighted by molar-refractivity contribution is -0.0294. The fraction of sp³-hybridized carbons (Fsp3) is 0.478. The van der Waals surface area contributed by atoms with Crippen molar-refractivity contribution in [2.75, 3.05) is 32.8 Å². The van der Waals surface area contributed by atoms with Gasteiger partial charge < -0.3 is 9.84 Å². The zero-order valence-electron chi connectivity index (χ0n) is 16.1. The van der Waals surface area contributed by atoms with Crippen molar-refractivity contribution in [2.45, 2.75) is 37.7 Å². The predicted molar refractivity (Wildman–Crippen MR) is 106 cm³/mol. The molecular formula is C23H30FNO2. The van der Waals surface area contributed by atoms with Crippen molar-refractivity contribution < 1.29 is 14.2 Å². The number of hydrogen-bond donors (Lipinski definition) is 1. The van der Waals surface area contributed by atoms with Crippen LogP contribution in [0.15, 0.2) is 54.6 Å². The molecule has 146 valence electrons. The van der Waals surface area contributed by atoms with Gasteiger partial charge in [0.1, 0.15) is 5.82 Å². The van der Waals surface area contributed by atoms with E-state index in [0.29, 0.717) is 6.42 Å². The van der Waals surface area contributed by atoms with Crippen molar-refractivity contribution in [3.63, 3.8) is 0 Å². The van der Waals surface area contributed by atoms with Crippen molar-refractivity contribution in [3.8, 4) is 0 Å². The highest BCUT2D eigenvalue weighted by Gasteiger charge is 2.40. The Labute approximate surface area is 161 Å². The monoisotopic (exact) mass is 371 g/mol. The molecule has 4 heteroatoms. The smallest absolute Gasteiger partial charge is 0.123 e. The summed E-state index contributed by atoms with van der Waals surface area (Å²) in [5, 5.41) is 12.0. The molecule has 2 aromatic carbocycles. The highest BCUT2D eigenvalue weighted by Crippen LogP contribution is 2.41. The van der Waals surface area contributed by atoms with E-state index in [1.165, 1.54) is 12.1 Å². The molecule has 3 nitrogen and oxygen atoms in total. The number of nitrogens with zero attached hydrogens (tertiary/aromatic N) is 1. The van der Waals surface area contributed by atoms with Gasteiger partial charge in [0.15, 0.2) is 0 Å². The van der Waals surface area contributed by atoms with E-state index in [2.05, 4.69) is 24.0 Å². The van der Waals surface area contributed by atoms with Gasteiger partial charge in [-0.1, -0.05) is 62.2 Å². The Hall–Kier alpha value is -1.75. The molecule has 2 unspecified atom stereocenters. The second-order valence-electron chi connectivity index (χ2n) is 7.41. The van der Waals surface area contributed by atoms with Gasteiger partial charge in [-0.15, -0.1) is 0 Å². The van der Waals surface area contributed by atoms with Crippen molar-refractivity contribution in [3.05, 3.63) is 71.5 Å². The van der Waals surface area contributed by atoms with Crippen LogP contribution in [0.4, 0.5) is 4.39 Å². The summed E-state index contributed by atoms with van der Waals surface area (Å²) in [6, 6.07) is 16.6.